The number of nitrogens with one attached hydrogen (secondary N) is 1. The first-order chi connectivity index (χ1) is 10.1. The molecule has 1 aromatic carbocycles. The molecular weight excluding hydrogens is 294 g/mol. The number of aliphatic imine (C=N–C) groups is 1. The number of aliphatic carboxylic acids is 1. The van der Waals surface area contributed by atoms with E-state index in [0.29, 0.717) is 0 Å². The molecule has 0 saturated carbocycles. The summed E-state index contributed by atoms with van der Waals surface area (Å²) >= 11 is 0.989. The number of benzene rings is 1. The lowest BCUT2D eigenvalue weighted by Crippen LogP contribution is -2.38. The van der Waals surface area contributed by atoms with Crippen molar-refractivity contribution in [2.45, 2.75) is 11.7 Å². The molecule has 0 spiro atoms. The number of ether oxygens (including phenoxy) is 1. The second kappa shape index (κ2) is 6.89. The quantitative estimate of drug-likeness (QED) is 0.773. The molecule has 0 aliphatic carbocycles. The maximum absolute atomic E-state index is 11.4. The molecule has 2 rings (SSSR count). The van der Waals surface area contributed by atoms with Crippen molar-refractivity contribution >= 4 is 35.0 Å². The monoisotopic (exact) mass is 306 g/mol. The van der Waals surface area contributed by atoms with Crippen LogP contribution in [-0.2, 0) is 9.59 Å². The summed E-state index contributed by atoms with van der Waals surface area (Å²) in [5.41, 5.74) is 3.07. The van der Waals surface area contributed by atoms with Crippen LogP contribution in [0.4, 0.5) is 0 Å². The summed E-state index contributed by atoms with van der Waals surface area (Å²) in [6.07, 6.45) is 1.19. The number of hydrogen-bond donors (Lipinski definition) is 1. The van der Waals surface area contributed by atoms with Gasteiger partial charge in [0.2, 0.25) is 5.17 Å². The Morgan fingerprint density at radius 1 is 1.52 bits per heavy atom. The first-order valence-electron chi connectivity index (χ1n) is 6.00. The van der Waals surface area contributed by atoms with Gasteiger partial charge < -0.3 is 14.6 Å². The number of nitrogens with zero attached hydrogens (tertiary/aromatic N) is 2. The van der Waals surface area contributed by atoms with Crippen LogP contribution in [0.3, 0.4) is 0 Å². The molecule has 0 saturated heterocycles. The Bertz CT molecular complexity index is 598. The molecule has 0 fully saturated rings. The van der Waals surface area contributed by atoms with Gasteiger partial charge in [-0.25, -0.2) is 10.4 Å². The van der Waals surface area contributed by atoms with Crippen molar-refractivity contribution in [1.29, 1.82) is 0 Å². The highest BCUT2D eigenvalue weighted by Crippen LogP contribution is 2.21. The number of rotatable bonds is 4. The summed E-state index contributed by atoms with van der Waals surface area (Å²) in [4.78, 5) is 26.1. The Labute approximate surface area is 125 Å². The lowest BCUT2D eigenvalue weighted by molar-refractivity contribution is -0.305. The van der Waals surface area contributed by atoms with Crippen LogP contribution in [0.15, 0.2) is 34.4 Å². The van der Waals surface area contributed by atoms with Gasteiger partial charge in [-0.3, -0.25) is 4.79 Å². The average molecular weight is 306 g/mol. The van der Waals surface area contributed by atoms with Crippen molar-refractivity contribution in [3.63, 3.8) is 0 Å². The van der Waals surface area contributed by atoms with Gasteiger partial charge in [-0.2, -0.15) is 0 Å². The van der Waals surface area contributed by atoms with Gasteiger partial charge in [0.1, 0.15) is 5.75 Å². The summed E-state index contributed by atoms with van der Waals surface area (Å²) in [6.45, 7) is 0. The van der Waals surface area contributed by atoms with Crippen LogP contribution in [0.25, 0.3) is 0 Å². The minimum Gasteiger partial charge on any atom is -0.550 e. The fourth-order valence-corrected chi connectivity index (χ4v) is 2.39. The Kier molecular flexibility index (Phi) is 4.94. The summed E-state index contributed by atoms with van der Waals surface area (Å²) in [7, 11) is 1.58. The maximum atomic E-state index is 11.4. The highest BCUT2D eigenvalue weighted by molar-refractivity contribution is 8.15. The van der Waals surface area contributed by atoms with E-state index in [4.69, 9.17) is 4.74 Å². The Balaban J connectivity index is 2.02. The normalized spacial score (nSPS) is 18.2. The van der Waals surface area contributed by atoms with Crippen molar-refractivity contribution in [3.05, 3.63) is 29.8 Å². The summed E-state index contributed by atoms with van der Waals surface area (Å²) in [5, 5.41) is 13.8. The molecule has 1 aliphatic heterocycles. The number of methoxy groups -OCH3 is 1. The molecule has 1 atom stereocenters. The third-order valence-electron chi connectivity index (χ3n) is 2.59. The van der Waals surface area contributed by atoms with E-state index in [-0.39, 0.29) is 11.6 Å². The van der Waals surface area contributed by atoms with Gasteiger partial charge in [-0.05, 0) is 29.8 Å². The largest absolute Gasteiger partial charge is 0.550 e. The lowest BCUT2D eigenvalue weighted by Gasteiger charge is -2.18. The van der Waals surface area contributed by atoms with E-state index in [2.05, 4.69) is 15.5 Å². The van der Waals surface area contributed by atoms with E-state index in [0.717, 1.165) is 23.1 Å². The number of carboxylic acid groups (broad SMARTS) is 1. The number of amidine groups is 1. The van der Waals surface area contributed by atoms with E-state index >= 15 is 0 Å². The second-order valence-electron chi connectivity index (χ2n) is 4.08. The summed E-state index contributed by atoms with van der Waals surface area (Å²) in [6, 6.07) is 7.21. The fourth-order valence-electron chi connectivity index (χ4n) is 1.55. The highest BCUT2D eigenvalue weighted by Gasteiger charge is 2.25. The van der Waals surface area contributed by atoms with Gasteiger partial charge in [-0.1, -0.05) is 11.8 Å². The van der Waals surface area contributed by atoms with Crippen molar-refractivity contribution in [3.8, 4) is 5.75 Å². The number of carbonyl (C=O) groups excluding carboxylic acids is 2. The number of amides is 1. The molecule has 0 unspecified atom stereocenters. The number of carboxylic acids is 1. The minimum atomic E-state index is -1.29. The molecule has 1 aromatic rings. The number of hydrazone groups is 1. The average Bonchev–Trinajstić information content (AvgIpc) is 2.48. The standard InChI is InChI=1S/C13H13N3O4S/c1-20-9-4-2-8(3-5-9)7-14-13-16-15-12(19)10(21-13)6-11(17)18/h2-5,7,10H,6H2,1H3,(H,15,19)(H,17,18)/p-1/t10-/m1/s1. The minimum absolute atomic E-state index is 0.289. The van der Waals surface area contributed by atoms with Crippen LogP contribution in [0.2, 0.25) is 0 Å². The second-order valence-corrected chi connectivity index (χ2v) is 5.25. The van der Waals surface area contributed by atoms with E-state index in [1.54, 1.807) is 25.5 Å². The van der Waals surface area contributed by atoms with Gasteiger partial charge in [0.05, 0.1) is 12.4 Å². The molecule has 21 heavy (non-hydrogen) atoms. The molecule has 8 heteroatoms. The molecule has 0 radical (unpaired) electrons. The smallest absolute Gasteiger partial charge is 0.254 e. The third-order valence-corrected chi connectivity index (χ3v) is 3.67. The SMILES string of the molecule is COc1ccc(C=NC2=NNC(=O)[C@@H](CC(=O)[O-])S2)cc1. The highest BCUT2D eigenvalue weighted by atomic mass is 32.2. The van der Waals surface area contributed by atoms with E-state index in [1.807, 2.05) is 12.1 Å². The van der Waals surface area contributed by atoms with Gasteiger partial charge in [-0.15, -0.1) is 5.10 Å². The third kappa shape index (κ3) is 4.32. The van der Waals surface area contributed by atoms with Crippen LogP contribution < -0.4 is 15.3 Å². The predicted molar refractivity (Wildman–Crippen MR) is 77.2 cm³/mol. The van der Waals surface area contributed by atoms with Gasteiger partial charge in [0, 0.05) is 18.6 Å². The maximum Gasteiger partial charge on any atom is 0.254 e. The van der Waals surface area contributed by atoms with E-state index in [9.17, 15) is 14.7 Å². The van der Waals surface area contributed by atoms with Crippen LogP contribution >= 0.6 is 11.8 Å². The fraction of sp³-hybridized carbons (Fsp3) is 0.231. The van der Waals surface area contributed by atoms with Crippen LogP contribution in [0.5, 0.6) is 5.75 Å². The molecule has 1 N–H and O–H groups in total. The summed E-state index contributed by atoms with van der Waals surface area (Å²) in [5.74, 6) is -1.02. The molecule has 1 amide bonds. The Morgan fingerprint density at radius 2 is 2.24 bits per heavy atom. The summed E-state index contributed by atoms with van der Waals surface area (Å²) < 4.78 is 5.05. The molecule has 0 bridgehead atoms. The van der Waals surface area contributed by atoms with E-state index in [1.165, 1.54) is 0 Å². The van der Waals surface area contributed by atoms with E-state index < -0.39 is 17.1 Å². The zero-order chi connectivity index (χ0) is 15.2. The number of carbonyl (C=O) groups is 2. The van der Waals surface area contributed by atoms with Crippen molar-refractivity contribution in [2.24, 2.45) is 10.1 Å². The first-order valence-corrected chi connectivity index (χ1v) is 6.88. The van der Waals surface area contributed by atoms with Crippen molar-refractivity contribution < 1.29 is 19.4 Å². The Morgan fingerprint density at radius 3 is 2.86 bits per heavy atom. The molecular formula is C13H12N3O4S-. The molecule has 0 aromatic heterocycles. The van der Waals surface area contributed by atoms with Gasteiger partial charge in [0.15, 0.2) is 0 Å². The molecule has 1 aliphatic rings. The van der Waals surface area contributed by atoms with Crippen LogP contribution in [0, 0.1) is 0 Å². The molecule has 1 heterocycles. The Hall–Kier alpha value is -2.35. The van der Waals surface area contributed by atoms with Gasteiger partial charge in [0.25, 0.3) is 5.91 Å². The van der Waals surface area contributed by atoms with Crippen LogP contribution in [-0.4, -0.2) is 35.6 Å². The molecule has 110 valence electrons. The van der Waals surface area contributed by atoms with Crippen molar-refractivity contribution in [1.82, 2.24) is 5.43 Å². The zero-order valence-electron chi connectivity index (χ0n) is 11.1. The van der Waals surface area contributed by atoms with Gasteiger partial charge >= 0.3 is 0 Å². The predicted octanol–water partition coefficient (Wildman–Crippen LogP) is -0.243. The topological polar surface area (TPSA) is 103 Å². The zero-order valence-corrected chi connectivity index (χ0v) is 11.9. The molecule has 7 nitrogen and oxygen atoms in total. The first kappa shape index (κ1) is 15.0. The number of thioether (sulfide) groups is 1. The van der Waals surface area contributed by atoms with Crippen LogP contribution in [0.1, 0.15) is 12.0 Å². The van der Waals surface area contributed by atoms with Crippen molar-refractivity contribution in [2.75, 3.05) is 7.11 Å². The lowest BCUT2D eigenvalue weighted by atomic mass is 10.2. The number of hydrogen-bond acceptors (Lipinski definition) is 7.